The minimum Gasteiger partial charge on any atom is -0.352 e. The minimum atomic E-state index is -3.64. The normalized spacial score (nSPS) is 15.7. The molecule has 1 aromatic carbocycles. The molecule has 1 aliphatic rings. The number of thiophene rings is 1. The zero-order valence-corrected chi connectivity index (χ0v) is 16.9. The lowest BCUT2D eigenvalue weighted by atomic mass is 10.2. The van der Waals surface area contributed by atoms with E-state index in [1.54, 1.807) is 18.3 Å². The van der Waals surface area contributed by atoms with Gasteiger partial charge >= 0.3 is 0 Å². The molecule has 0 amide bonds. The van der Waals surface area contributed by atoms with E-state index in [9.17, 15) is 12.8 Å². The van der Waals surface area contributed by atoms with Crippen LogP contribution >= 0.6 is 11.3 Å². The van der Waals surface area contributed by atoms with Gasteiger partial charge in [0.15, 0.2) is 5.82 Å². The predicted molar refractivity (Wildman–Crippen MR) is 107 cm³/mol. The van der Waals surface area contributed by atoms with E-state index in [1.165, 1.54) is 22.5 Å². The van der Waals surface area contributed by atoms with Crippen LogP contribution in [0.2, 0.25) is 0 Å². The molecule has 28 heavy (non-hydrogen) atoms. The van der Waals surface area contributed by atoms with Gasteiger partial charge in [-0.3, -0.25) is 0 Å². The van der Waals surface area contributed by atoms with Crippen LogP contribution in [0, 0.1) is 12.7 Å². The fourth-order valence-corrected chi connectivity index (χ4v) is 5.33. The first-order valence-electron chi connectivity index (χ1n) is 8.84. The van der Waals surface area contributed by atoms with Crippen molar-refractivity contribution in [1.82, 2.24) is 14.5 Å². The number of benzene rings is 1. The average molecular weight is 419 g/mol. The van der Waals surface area contributed by atoms with Crippen molar-refractivity contribution in [3.63, 3.8) is 0 Å². The topological polar surface area (TPSA) is 66.4 Å². The quantitative estimate of drug-likeness (QED) is 0.651. The Bertz CT molecular complexity index is 1060. The van der Waals surface area contributed by atoms with E-state index >= 15 is 0 Å². The minimum absolute atomic E-state index is 0.125. The molecule has 6 nitrogen and oxygen atoms in total. The van der Waals surface area contributed by atoms with E-state index in [0.717, 1.165) is 16.4 Å². The zero-order valence-electron chi connectivity index (χ0n) is 15.2. The van der Waals surface area contributed by atoms with Crippen LogP contribution in [-0.4, -0.2) is 49.1 Å². The molecular weight excluding hydrogens is 399 g/mol. The molecule has 1 fully saturated rings. The Kier molecular flexibility index (Phi) is 5.13. The van der Waals surface area contributed by atoms with Gasteiger partial charge in [-0.2, -0.15) is 4.31 Å². The van der Waals surface area contributed by atoms with Gasteiger partial charge in [-0.05, 0) is 54.3 Å². The molecule has 2 aromatic heterocycles. The Morgan fingerprint density at radius 3 is 2.43 bits per heavy atom. The van der Waals surface area contributed by atoms with Crippen molar-refractivity contribution in [2.45, 2.75) is 11.8 Å². The monoisotopic (exact) mass is 418 g/mol. The molecule has 0 N–H and O–H groups in total. The van der Waals surface area contributed by atoms with Crippen molar-refractivity contribution in [3.05, 3.63) is 59.2 Å². The Hall–Kier alpha value is -2.36. The Labute approximate surface area is 167 Å². The van der Waals surface area contributed by atoms with Gasteiger partial charge in [0, 0.05) is 26.2 Å². The van der Waals surface area contributed by atoms with E-state index < -0.39 is 15.8 Å². The molecule has 1 aliphatic heterocycles. The number of aryl methyl sites for hydroxylation is 1. The van der Waals surface area contributed by atoms with E-state index in [1.807, 2.05) is 34.5 Å². The number of aromatic nitrogens is 2. The van der Waals surface area contributed by atoms with Crippen LogP contribution in [0.25, 0.3) is 10.6 Å². The number of rotatable bonds is 4. The summed E-state index contributed by atoms with van der Waals surface area (Å²) in [4.78, 5) is 3.21. The number of anilines is 1. The van der Waals surface area contributed by atoms with Crippen molar-refractivity contribution < 1.29 is 12.8 Å². The molecule has 4 rings (SSSR count). The van der Waals surface area contributed by atoms with Gasteiger partial charge in [-0.1, -0.05) is 6.07 Å². The van der Waals surface area contributed by atoms with Gasteiger partial charge < -0.3 is 4.90 Å². The largest absolute Gasteiger partial charge is 0.352 e. The maximum absolute atomic E-state index is 13.5. The molecule has 146 valence electrons. The molecule has 9 heteroatoms. The highest BCUT2D eigenvalue weighted by Crippen LogP contribution is 2.25. The summed E-state index contributed by atoms with van der Waals surface area (Å²) in [6.07, 6.45) is 0. The predicted octanol–water partition coefficient (Wildman–Crippen LogP) is 3.16. The number of halogens is 1. The van der Waals surface area contributed by atoms with Crippen LogP contribution in [0.5, 0.6) is 0 Å². The highest BCUT2D eigenvalue weighted by Gasteiger charge is 2.29. The molecule has 0 unspecified atom stereocenters. The molecule has 3 heterocycles. The molecule has 1 saturated heterocycles. The Morgan fingerprint density at radius 2 is 1.82 bits per heavy atom. The number of hydrogen-bond donors (Lipinski definition) is 0. The first kappa shape index (κ1) is 19.0. The van der Waals surface area contributed by atoms with E-state index in [4.69, 9.17) is 0 Å². The summed E-state index contributed by atoms with van der Waals surface area (Å²) in [7, 11) is -3.64. The van der Waals surface area contributed by atoms with E-state index in [-0.39, 0.29) is 4.90 Å². The standard InChI is InChI=1S/C19H19FN4O2S2/c1-14-13-15(4-5-16(14)20)28(25,26)24-10-8-23(9-11-24)19-7-6-17(21-22-19)18-3-2-12-27-18/h2-7,12-13H,8-11H2,1H3. The first-order valence-corrected chi connectivity index (χ1v) is 11.2. The molecule has 0 atom stereocenters. The second-order valence-electron chi connectivity index (χ2n) is 6.56. The van der Waals surface area contributed by atoms with Crippen LogP contribution in [0.4, 0.5) is 10.2 Å². The maximum atomic E-state index is 13.5. The average Bonchev–Trinajstić information content (AvgIpc) is 3.25. The van der Waals surface area contributed by atoms with Crippen molar-refractivity contribution >= 4 is 27.2 Å². The van der Waals surface area contributed by atoms with Crippen LogP contribution < -0.4 is 4.90 Å². The van der Waals surface area contributed by atoms with Crippen LogP contribution in [0.15, 0.2) is 52.7 Å². The van der Waals surface area contributed by atoms with Crippen LogP contribution in [0.1, 0.15) is 5.56 Å². The molecule has 3 aromatic rings. The van der Waals surface area contributed by atoms with Gasteiger partial charge in [-0.25, -0.2) is 12.8 Å². The highest BCUT2D eigenvalue weighted by atomic mass is 32.2. The Balaban J connectivity index is 1.44. The molecule has 0 aliphatic carbocycles. The zero-order chi connectivity index (χ0) is 19.7. The van der Waals surface area contributed by atoms with Gasteiger partial charge in [0.2, 0.25) is 10.0 Å². The summed E-state index contributed by atoms with van der Waals surface area (Å²) in [6, 6.07) is 11.7. The summed E-state index contributed by atoms with van der Waals surface area (Å²) in [5, 5.41) is 10.6. The lowest BCUT2D eigenvalue weighted by molar-refractivity contribution is 0.383. The number of piperazine rings is 1. The van der Waals surface area contributed by atoms with E-state index in [0.29, 0.717) is 31.7 Å². The summed E-state index contributed by atoms with van der Waals surface area (Å²) >= 11 is 1.61. The summed E-state index contributed by atoms with van der Waals surface area (Å²) in [5.41, 5.74) is 1.15. The fourth-order valence-electron chi connectivity index (χ4n) is 3.13. The van der Waals surface area contributed by atoms with Crippen molar-refractivity contribution in [1.29, 1.82) is 0 Å². The lowest BCUT2D eigenvalue weighted by Crippen LogP contribution is -2.49. The van der Waals surface area contributed by atoms with Crippen LogP contribution in [0.3, 0.4) is 0 Å². The van der Waals surface area contributed by atoms with Crippen molar-refractivity contribution in [2.24, 2.45) is 0 Å². The Morgan fingerprint density at radius 1 is 1.04 bits per heavy atom. The molecule has 0 bridgehead atoms. The molecule has 0 spiro atoms. The molecule has 0 radical (unpaired) electrons. The summed E-state index contributed by atoms with van der Waals surface area (Å²) < 4.78 is 40.5. The number of hydrogen-bond acceptors (Lipinski definition) is 6. The van der Waals surface area contributed by atoms with E-state index in [2.05, 4.69) is 10.2 Å². The van der Waals surface area contributed by atoms with Crippen molar-refractivity contribution in [2.75, 3.05) is 31.1 Å². The van der Waals surface area contributed by atoms with Gasteiger partial charge in [0.05, 0.1) is 9.77 Å². The third-order valence-electron chi connectivity index (χ3n) is 4.75. The third-order valence-corrected chi connectivity index (χ3v) is 7.54. The highest BCUT2D eigenvalue weighted by molar-refractivity contribution is 7.89. The second-order valence-corrected chi connectivity index (χ2v) is 9.44. The summed E-state index contributed by atoms with van der Waals surface area (Å²) in [6.45, 7) is 3.28. The maximum Gasteiger partial charge on any atom is 0.243 e. The first-order chi connectivity index (χ1) is 13.4. The SMILES string of the molecule is Cc1cc(S(=O)(=O)N2CCN(c3ccc(-c4cccs4)nn3)CC2)ccc1F. The summed E-state index contributed by atoms with van der Waals surface area (Å²) in [5.74, 6) is 0.323. The lowest BCUT2D eigenvalue weighted by Gasteiger charge is -2.34. The number of nitrogens with zero attached hydrogens (tertiary/aromatic N) is 4. The van der Waals surface area contributed by atoms with Gasteiger partial charge in [0.1, 0.15) is 11.5 Å². The van der Waals surface area contributed by atoms with Crippen molar-refractivity contribution in [3.8, 4) is 10.6 Å². The smallest absolute Gasteiger partial charge is 0.243 e. The van der Waals surface area contributed by atoms with Crippen LogP contribution in [-0.2, 0) is 10.0 Å². The third kappa shape index (κ3) is 3.65. The van der Waals surface area contributed by atoms with Gasteiger partial charge in [-0.15, -0.1) is 21.5 Å². The van der Waals surface area contributed by atoms with Gasteiger partial charge in [0.25, 0.3) is 0 Å². The fraction of sp³-hybridized carbons (Fsp3) is 0.263. The molecular formula is C19H19FN4O2S2. The number of sulfonamides is 1. The second kappa shape index (κ2) is 7.57. The molecule has 0 saturated carbocycles.